The Kier molecular flexibility index (Phi) is 6.42. The van der Waals surface area contributed by atoms with Crippen molar-refractivity contribution in [2.24, 2.45) is 5.92 Å². The Morgan fingerprint density at radius 2 is 1.96 bits per heavy atom. The second-order valence-corrected chi connectivity index (χ2v) is 6.07. The van der Waals surface area contributed by atoms with E-state index in [0.29, 0.717) is 0 Å². The van der Waals surface area contributed by atoms with Crippen molar-refractivity contribution >= 4 is 29.9 Å². The van der Waals surface area contributed by atoms with Crippen LogP contribution in [0.4, 0.5) is 5.69 Å². The first kappa shape index (κ1) is 17.8. The maximum absolute atomic E-state index is 12.6. The molecule has 6 heteroatoms. The van der Waals surface area contributed by atoms with Gasteiger partial charge in [-0.2, -0.15) is 0 Å². The Hall–Kier alpha value is -1.59. The molecule has 2 N–H and O–H groups in total. The number of halogens is 1. The van der Waals surface area contributed by atoms with E-state index in [2.05, 4.69) is 10.6 Å². The maximum atomic E-state index is 12.6. The summed E-state index contributed by atoms with van der Waals surface area (Å²) >= 11 is 0. The van der Waals surface area contributed by atoms with Crippen LogP contribution in [-0.4, -0.2) is 37.5 Å². The van der Waals surface area contributed by atoms with E-state index in [1.165, 1.54) is 0 Å². The zero-order valence-corrected chi connectivity index (χ0v) is 14.0. The van der Waals surface area contributed by atoms with Crippen LogP contribution in [0.2, 0.25) is 0 Å². The van der Waals surface area contributed by atoms with Gasteiger partial charge >= 0.3 is 0 Å². The van der Waals surface area contributed by atoms with Crippen LogP contribution in [0.25, 0.3) is 0 Å². The van der Waals surface area contributed by atoms with Gasteiger partial charge in [0.15, 0.2) is 0 Å². The predicted octanol–water partition coefficient (Wildman–Crippen LogP) is 1.72. The van der Waals surface area contributed by atoms with Crippen molar-refractivity contribution in [3.8, 4) is 0 Å². The molecule has 1 aromatic carbocycles. The average molecular weight is 338 g/mol. The Balaban J connectivity index is 0.00000192. The molecule has 0 saturated carbocycles. The fourth-order valence-corrected chi connectivity index (χ4v) is 3.24. The fourth-order valence-electron chi connectivity index (χ4n) is 3.24. The molecule has 0 aromatic heterocycles. The van der Waals surface area contributed by atoms with Gasteiger partial charge in [-0.15, -0.1) is 12.4 Å². The molecule has 0 spiro atoms. The topological polar surface area (TPSA) is 61.4 Å². The second-order valence-electron chi connectivity index (χ2n) is 6.07. The first-order valence-electron chi connectivity index (χ1n) is 8.13. The zero-order chi connectivity index (χ0) is 15.4. The fraction of sp³-hybridized carbons (Fsp3) is 0.529. The molecule has 5 nitrogen and oxygen atoms in total. The standard InChI is InChI=1S/C17H23N3O2.ClH/c21-16(13-6-4-10-18-12-13)19-15-9-5-11-20(17(15)22)14-7-2-1-3-8-14;/h1-3,7-8,13,15,18H,4-6,9-12H2,(H,19,21);1H. The minimum Gasteiger partial charge on any atom is -0.344 e. The van der Waals surface area contributed by atoms with E-state index < -0.39 is 0 Å². The number of carbonyl (C=O) groups is 2. The number of para-hydroxylation sites is 1. The highest BCUT2D eigenvalue weighted by Crippen LogP contribution is 2.21. The first-order valence-corrected chi connectivity index (χ1v) is 8.13. The summed E-state index contributed by atoms with van der Waals surface area (Å²) in [7, 11) is 0. The molecule has 2 aliphatic heterocycles. The number of benzene rings is 1. The van der Waals surface area contributed by atoms with E-state index in [-0.39, 0.29) is 36.2 Å². The molecule has 3 rings (SSSR count). The molecule has 2 fully saturated rings. The van der Waals surface area contributed by atoms with Crippen molar-refractivity contribution in [1.29, 1.82) is 0 Å². The smallest absolute Gasteiger partial charge is 0.249 e. The van der Waals surface area contributed by atoms with Crippen LogP contribution in [-0.2, 0) is 9.59 Å². The minimum absolute atomic E-state index is 0. The molecule has 2 unspecified atom stereocenters. The summed E-state index contributed by atoms with van der Waals surface area (Å²) in [4.78, 5) is 26.8. The van der Waals surface area contributed by atoms with Gasteiger partial charge in [-0.1, -0.05) is 18.2 Å². The maximum Gasteiger partial charge on any atom is 0.249 e. The van der Waals surface area contributed by atoms with Crippen LogP contribution in [0.15, 0.2) is 30.3 Å². The van der Waals surface area contributed by atoms with Crippen molar-refractivity contribution in [2.45, 2.75) is 31.7 Å². The Bertz CT molecular complexity index is 532. The van der Waals surface area contributed by atoms with Gasteiger partial charge in [-0.05, 0) is 44.4 Å². The number of amides is 2. The number of hydrogen-bond acceptors (Lipinski definition) is 3. The number of carbonyl (C=O) groups excluding carboxylic acids is 2. The van der Waals surface area contributed by atoms with Crippen molar-refractivity contribution in [2.75, 3.05) is 24.5 Å². The van der Waals surface area contributed by atoms with Crippen LogP contribution in [0.3, 0.4) is 0 Å². The molecule has 2 amide bonds. The van der Waals surface area contributed by atoms with Crippen molar-refractivity contribution in [3.63, 3.8) is 0 Å². The molecule has 23 heavy (non-hydrogen) atoms. The number of anilines is 1. The van der Waals surface area contributed by atoms with Gasteiger partial charge in [-0.3, -0.25) is 9.59 Å². The van der Waals surface area contributed by atoms with Crippen LogP contribution in [0.5, 0.6) is 0 Å². The number of piperidine rings is 2. The highest BCUT2D eigenvalue weighted by Gasteiger charge is 2.32. The molecule has 0 radical (unpaired) electrons. The summed E-state index contributed by atoms with van der Waals surface area (Å²) < 4.78 is 0. The Labute approximate surface area is 143 Å². The molecular formula is C17H24ClN3O2. The van der Waals surface area contributed by atoms with E-state index in [9.17, 15) is 9.59 Å². The normalized spacial score (nSPS) is 24.7. The molecule has 1 aromatic rings. The molecule has 2 heterocycles. The summed E-state index contributed by atoms with van der Waals surface area (Å²) in [6, 6.07) is 9.29. The quantitative estimate of drug-likeness (QED) is 0.883. The third kappa shape index (κ3) is 4.24. The highest BCUT2D eigenvalue weighted by molar-refractivity contribution is 6.00. The van der Waals surface area contributed by atoms with Gasteiger partial charge in [0.25, 0.3) is 0 Å². The molecule has 2 saturated heterocycles. The Morgan fingerprint density at radius 3 is 2.65 bits per heavy atom. The minimum atomic E-state index is -0.386. The van der Waals surface area contributed by atoms with Crippen LogP contribution < -0.4 is 15.5 Å². The van der Waals surface area contributed by atoms with Crippen LogP contribution in [0, 0.1) is 5.92 Å². The largest absolute Gasteiger partial charge is 0.344 e. The molecular weight excluding hydrogens is 314 g/mol. The van der Waals surface area contributed by atoms with Crippen molar-refractivity contribution < 1.29 is 9.59 Å². The monoisotopic (exact) mass is 337 g/mol. The predicted molar refractivity (Wildman–Crippen MR) is 92.8 cm³/mol. The molecule has 2 atom stereocenters. The van der Waals surface area contributed by atoms with E-state index in [0.717, 1.165) is 51.0 Å². The van der Waals surface area contributed by atoms with Crippen LogP contribution in [0.1, 0.15) is 25.7 Å². The summed E-state index contributed by atoms with van der Waals surface area (Å²) in [6.45, 7) is 2.42. The van der Waals surface area contributed by atoms with Gasteiger partial charge in [0.05, 0.1) is 5.92 Å². The summed E-state index contributed by atoms with van der Waals surface area (Å²) in [6.07, 6.45) is 3.57. The van der Waals surface area contributed by atoms with E-state index in [1.54, 1.807) is 4.90 Å². The summed E-state index contributed by atoms with van der Waals surface area (Å²) in [5.41, 5.74) is 0.908. The van der Waals surface area contributed by atoms with Gasteiger partial charge in [0.2, 0.25) is 11.8 Å². The van der Waals surface area contributed by atoms with Crippen molar-refractivity contribution in [3.05, 3.63) is 30.3 Å². The number of rotatable bonds is 3. The lowest BCUT2D eigenvalue weighted by molar-refractivity contribution is -0.131. The lowest BCUT2D eigenvalue weighted by Gasteiger charge is -2.33. The highest BCUT2D eigenvalue weighted by atomic mass is 35.5. The molecule has 0 bridgehead atoms. The van der Waals surface area contributed by atoms with Gasteiger partial charge in [0.1, 0.15) is 6.04 Å². The zero-order valence-electron chi connectivity index (χ0n) is 13.2. The van der Waals surface area contributed by atoms with E-state index in [1.807, 2.05) is 30.3 Å². The third-order valence-corrected chi connectivity index (χ3v) is 4.49. The number of hydrogen-bond donors (Lipinski definition) is 2. The average Bonchev–Trinajstić information content (AvgIpc) is 2.58. The van der Waals surface area contributed by atoms with Crippen molar-refractivity contribution in [1.82, 2.24) is 10.6 Å². The van der Waals surface area contributed by atoms with Crippen LogP contribution >= 0.6 is 12.4 Å². The second kappa shape index (κ2) is 8.31. The summed E-state index contributed by atoms with van der Waals surface area (Å²) in [5, 5.41) is 6.21. The number of nitrogens with one attached hydrogen (secondary N) is 2. The number of nitrogens with zero attached hydrogens (tertiary/aromatic N) is 1. The lowest BCUT2D eigenvalue weighted by Crippen LogP contribution is -2.54. The van der Waals surface area contributed by atoms with Gasteiger partial charge in [0, 0.05) is 18.8 Å². The van der Waals surface area contributed by atoms with Gasteiger partial charge < -0.3 is 15.5 Å². The van der Waals surface area contributed by atoms with E-state index in [4.69, 9.17) is 0 Å². The summed E-state index contributed by atoms with van der Waals surface area (Å²) in [5.74, 6) is 0.0173. The first-order chi connectivity index (χ1) is 10.8. The SMILES string of the molecule is Cl.O=C(NC1CCCN(c2ccccc2)C1=O)C1CCCNC1. The third-order valence-electron chi connectivity index (χ3n) is 4.49. The molecule has 0 aliphatic carbocycles. The molecule has 126 valence electrons. The molecule has 2 aliphatic rings. The Morgan fingerprint density at radius 1 is 1.17 bits per heavy atom. The van der Waals surface area contributed by atoms with Gasteiger partial charge in [-0.25, -0.2) is 0 Å². The lowest BCUT2D eigenvalue weighted by atomic mass is 9.97. The van der Waals surface area contributed by atoms with E-state index >= 15 is 0 Å².